The number of hydrogen-bond donors (Lipinski definition) is 0. The fourth-order valence-electron chi connectivity index (χ4n) is 1.12. The molecule has 0 aliphatic heterocycles. The molecule has 0 aliphatic rings. The van der Waals surface area contributed by atoms with Gasteiger partial charge in [0, 0.05) is 16.0 Å². The minimum absolute atomic E-state index is 0. The molecule has 1 nitrogen and oxygen atoms in total. The molecule has 0 spiro atoms. The minimum Gasteiger partial charge on any atom is -0.242 e. The summed E-state index contributed by atoms with van der Waals surface area (Å²) >= 11 is 7.45. The third kappa shape index (κ3) is 2.56. The van der Waals surface area contributed by atoms with Crippen molar-refractivity contribution in [2.45, 2.75) is 6.92 Å². The highest BCUT2D eigenvalue weighted by Gasteiger charge is 2.00. The summed E-state index contributed by atoms with van der Waals surface area (Å²) in [6.07, 6.45) is 0. The van der Waals surface area contributed by atoms with Crippen molar-refractivity contribution >= 4 is 39.9 Å². The minimum atomic E-state index is 0. The van der Waals surface area contributed by atoms with E-state index in [-0.39, 0.29) is 17.0 Å². The SMILES string of the molecule is Br.Cc1nc(-c2ccc(Cl)cc2)cs1. The lowest BCUT2D eigenvalue weighted by Crippen LogP contribution is -1.76. The molecule has 0 radical (unpaired) electrons. The molecule has 4 heteroatoms. The van der Waals surface area contributed by atoms with E-state index < -0.39 is 0 Å². The van der Waals surface area contributed by atoms with Gasteiger partial charge in [-0.05, 0) is 19.1 Å². The highest BCUT2D eigenvalue weighted by molar-refractivity contribution is 8.93. The topological polar surface area (TPSA) is 12.9 Å². The third-order valence-electron chi connectivity index (χ3n) is 1.76. The Morgan fingerprint density at radius 2 is 1.86 bits per heavy atom. The lowest BCUT2D eigenvalue weighted by atomic mass is 10.2. The van der Waals surface area contributed by atoms with Crippen LogP contribution in [-0.4, -0.2) is 4.98 Å². The van der Waals surface area contributed by atoms with E-state index in [1.807, 2.05) is 31.2 Å². The summed E-state index contributed by atoms with van der Waals surface area (Å²) in [7, 11) is 0. The maximum atomic E-state index is 5.79. The van der Waals surface area contributed by atoms with Crippen molar-refractivity contribution in [1.29, 1.82) is 0 Å². The van der Waals surface area contributed by atoms with E-state index in [9.17, 15) is 0 Å². The molecule has 0 amide bonds. The second-order valence-electron chi connectivity index (χ2n) is 2.76. The second kappa shape index (κ2) is 4.91. The van der Waals surface area contributed by atoms with Crippen molar-refractivity contribution in [2.75, 3.05) is 0 Å². The monoisotopic (exact) mass is 289 g/mol. The van der Waals surface area contributed by atoms with Crippen molar-refractivity contribution in [2.24, 2.45) is 0 Å². The number of hydrogen-bond acceptors (Lipinski definition) is 2. The van der Waals surface area contributed by atoms with Gasteiger partial charge in [0.1, 0.15) is 0 Å². The Morgan fingerprint density at radius 1 is 1.21 bits per heavy atom. The number of thiazole rings is 1. The number of benzene rings is 1. The molecular formula is C10H9BrClNS. The Balaban J connectivity index is 0.000000980. The van der Waals surface area contributed by atoms with Gasteiger partial charge in [0.25, 0.3) is 0 Å². The number of aromatic nitrogens is 1. The van der Waals surface area contributed by atoms with Crippen molar-refractivity contribution in [3.8, 4) is 11.3 Å². The quantitative estimate of drug-likeness (QED) is 0.761. The van der Waals surface area contributed by atoms with E-state index in [2.05, 4.69) is 10.4 Å². The molecule has 0 atom stereocenters. The second-order valence-corrected chi connectivity index (χ2v) is 4.26. The smallest absolute Gasteiger partial charge is 0.0901 e. The van der Waals surface area contributed by atoms with Crippen LogP contribution >= 0.6 is 39.9 Å². The van der Waals surface area contributed by atoms with Crippen molar-refractivity contribution in [3.63, 3.8) is 0 Å². The summed E-state index contributed by atoms with van der Waals surface area (Å²) in [5.41, 5.74) is 2.15. The van der Waals surface area contributed by atoms with Gasteiger partial charge in [0.05, 0.1) is 10.7 Å². The molecule has 0 bridgehead atoms. The van der Waals surface area contributed by atoms with Gasteiger partial charge < -0.3 is 0 Å². The summed E-state index contributed by atoms with van der Waals surface area (Å²) in [5.74, 6) is 0. The van der Waals surface area contributed by atoms with E-state index in [1.54, 1.807) is 11.3 Å². The van der Waals surface area contributed by atoms with Crippen molar-refractivity contribution < 1.29 is 0 Å². The normalized spacial score (nSPS) is 9.57. The maximum absolute atomic E-state index is 5.79. The van der Waals surface area contributed by atoms with E-state index in [1.165, 1.54) is 0 Å². The van der Waals surface area contributed by atoms with Gasteiger partial charge in [0.15, 0.2) is 0 Å². The molecule has 0 saturated heterocycles. The van der Waals surface area contributed by atoms with Gasteiger partial charge in [-0.15, -0.1) is 28.3 Å². The van der Waals surface area contributed by atoms with Gasteiger partial charge in [-0.2, -0.15) is 0 Å². The standard InChI is InChI=1S/C10H8ClNS.BrH/c1-7-12-10(6-13-7)8-2-4-9(11)5-3-8;/h2-6H,1H3;1H. The average Bonchev–Trinajstić information content (AvgIpc) is 2.53. The largest absolute Gasteiger partial charge is 0.242 e. The van der Waals surface area contributed by atoms with E-state index in [4.69, 9.17) is 11.6 Å². The van der Waals surface area contributed by atoms with Crippen LogP contribution in [0.2, 0.25) is 5.02 Å². The molecule has 1 aromatic carbocycles. The summed E-state index contributed by atoms with van der Waals surface area (Å²) in [4.78, 5) is 4.39. The van der Waals surface area contributed by atoms with Crippen LogP contribution in [0.1, 0.15) is 5.01 Å². The first-order valence-electron chi connectivity index (χ1n) is 3.94. The lowest BCUT2D eigenvalue weighted by molar-refractivity contribution is 1.30. The van der Waals surface area contributed by atoms with E-state index in [0.717, 1.165) is 21.3 Å². The lowest BCUT2D eigenvalue weighted by Gasteiger charge is -1.95. The zero-order chi connectivity index (χ0) is 9.26. The molecule has 0 saturated carbocycles. The third-order valence-corrected chi connectivity index (χ3v) is 2.78. The first-order valence-corrected chi connectivity index (χ1v) is 5.19. The van der Waals surface area contributed by atoms with Crippen LogP contribution in [0.3, 0.4) is 0 Å². The average molecular weight is 291 g/mol. The van der Waals surface area contributed by atoms with Crippen LogP contribution in [0.5, 0.6) is 0 Å². The summed E-state index contributed by atoms with van der Waals surface area (Å²) in [5, 5.41) is 3.90. The molecular weight excluding hydrogens is 282 g/mol. The maximum Gasteiger partial charge on any atom is 0.0901 e. The van der Waals surface area contributed by atoms with Gasteiger partial charge in [-0.25, -0.2) is 4.98 Å². The molecule has 1 heterocycles. The van der Waals surface area contributed by atoms with E-state index >= 15 is 0 Å². The predicted octanol–water partition coefficient (Wildman–Crippen LogP) is 4.35. The van der Waals surface area contributed by atoms with Gasteiger partial charge in [-0.3, -0.25) is 0 Å². The summed E-state index contributed by atoms with van der Waals surface area (Å²) in [6.45, 7) is 2.00. The van der Waals surface area contributed by atoms with Crippen LogP contribution in [0.25, 0.3) is 11.3 Å². The first-order chi connectivity index (χ1) is 6.25. The molecule has 74 valence electrons. The first kappa shape index (κ1) is 11.7. The molecule has 2 aromatic rings. The molecule has 2 rings (SSSR count). The molecule has 1 aromatic heterocycles. The highest BCUT2D eigenvalue weighted by Crippen LogP contribution is 2.22. The van der Waals surface area contributed by atoms with Crippen LogP contribution in [0.4, 0.5) is 0 Å². The zero-order valence-corrected chi connectivity index (χ0v) is 10.8. The molecule has 14 heavy (non-hydrogen) atoms. The Hall–Kier alpha value is -0.380. The molecule has 0 fully saturated rings. The fourth-order valence-corrected chi connectivity index (χ4v) is 1.86. The van der Waals surface area contributed by atoms with Crippen molar-refractivity contribution in [1.82, 2.24) is 4.98 Å². The van der Waals surface area contributed by atoms with Crippen LogP contribution in [0.15, 0.2) is 29.6 Å². The number of halogens is 2. The number of aryl methyl sites for hydroxylation is 1. The number of rotatable bonds is 1. The Morgan fingerprint density at radius 3 is 2.36 bits per heavy atom. The van der Waals surface area contributed by atoms with Crippen LogP contribution in [0, 0.1) is 6.92 Å². The fraction of sp³-hybridized carbons (Fsp3) is 0.100. The van der Waals surface area contributed by atoms with Crippen molar-refractivity contribution in [3.05, 3.63) is 39.7 Å². The summed E-state index contributed by atoms with van der Waals surface area (Å²) < 4.78 is 0. The van der Waals surface area contributed by atoms with E-state index in [0.29, 0.717) is 0 Å². The van der Waals surface area contributed by atoms with Gasteiger partial charge >= 0.3 is 0 Å². The number of nitrogens with zero attached hydrogens (tertiary/aromatic N) is 1. The Labute approximate surface area is 103 Å². The molecule has 0 aliphatic carbocycles. The zero-order valence-electron chi connectivity index (χ0n) is 7.53. The molecule has 0 N–H and O–H groups in total. The summed E-state index contributed by atoms with van der Waals surface area (Å²) in [6, 6.07) is 7.73. The van der Waals surface area contributed by atoms with Crippen LogP contribution in [-0.2, 0) is 0 Å². The van der Waals surface area contributed by atoms with Gasteiger partial charge in [0.2, 0.25) is 0 Å². The van der Waals surface area contributed by atoms with Crippen LogP contribution < -0.4 is 0 Å². The Kier molecular flexibility index (Phi) is 4.11. The van der Waals surface area contributed by atoms with Gasteiger partial charge in [-0.1, -0.05) is 23.7 Å². The Bertz CT molecular complexity index is 410. The highest BCUT2D eigenvalue weighted by atomic mass is 79.9. The molecule has 0 unspecified atom stereocenters. The predicted molar refractivity (Wildman–Crippen MR) is 67.6 cm³/mol.